The Bertz CT molecular complexity index is 662. The van der Waals surface area contributed by atoms with Crippen LogP contribution in [0.1, 0.15) is 37.5 Å². The highest BCUT2D eigenvalue weighted by Gasteiger charge is 2.17. The van der Waals surface area contributed by atoms with E-state index < -0.39 is 6.10 Å². The smallest absolute Gasteiger partial charge is 0.265 e. The molecule has 3 heteroatoms. The molecule has 0 spiro atoms. The number of rotatable bonds is 6. The Morgan fingerprint density at radius 1 is 1.09 bits per heavy atom. The Morgan fingerprint density at radius 2 is 1.78 bits per heavy atom. The van der Waals surface area contributed by atoms with Gasteiger partial charge in [0.2, 0.25) is 0 Å². The lowest BCUT2D eigenvalue weighted by atomic mass is 10.1. The maximum atomic E-state index is 12.4. The summed E-state index contributed by atoms with van der Waals surface area (Å²) in [5, 5.41) is 3.01. The molecule has 0 unspecified atom stereocenters. The molecule has 0 aliphatic heterocycles. The van der Waals surface area contributed by atoms with Gasteiger partial charge in [0.25, 0.3) is 5.91 Å². The average molecular weight is 311 g/mol. The van der Waals surface area contributed by atoms with Crippen molar-refractivity contribution in [1.82, 2.24) is 0 Å². The first-order valence-corrected chi connectivity index (χ1v) is 8.20. The van der Waals surface area contributed by atoms with E-state index in [1.807, 2.05) is 49.4 Å². The molecule has 122 valence electrons. The van der Waals surface area contributed by atoms with Crippen LogP contribution in [0.4, 0.5) is 5.69 Å². The van der Waals surface area contributed by atoms with Crippen LogP contribution in [0, 0.1) is 6.92 Å². The molecule has 1 N–H and O–H groups in total. The molecule has 0 bridgehead atoms. The SMILES string of the molecule is CCc1ccc(O[C@H](C)C(=O)Nc2c(C)cccc2CC)cc1. The van der Waals surface area contributed by atoms with Crippen molar-refractivity contribution in [2.75, 3.05) is 5.32 Å². The summed E-state index contributed by atoms with van der Waals surface area (Å²) in [6.45, 7) is 7.97. The Hall–Kier alpha value is -2.29. The first kappa shape index (κ1) is 17.1. The zero-order valence-electron chi connectivity index (χ0n) is 14.3. The third kappa shape index (κ3) is 4.35. The van der Waals surface area contributed by atoms with Crippen molar-refractivity contribution in [3.05, 3.63) is 59.2 Å². The second-order valence-corrected chi connectivity index (χ2v) is 5.71. The van der Waals surface area contributed by atoms with Crippen LogP contribution < -0.4 is 10.1 Å². The average Bonchev–Trinajstić information content (AvgIpc) is 2.57. The number of para-hydroxylation sites is 1. The third-order valence-electron chi connectivity index (χ3n) is 4.00. The molecule has 0 aliphatic carbocycles. The number of aryl methyl sites for hydroxylation is 3. The Kier molecular flexibility index (Phi) is 5.80. The molecule has 2 aromatic rings. The fraction of sp³-hybridized carbons (Fsp3) is 0.350. The molecule has 0 aliphatic rings. The van der Waals surface area contributed by atoms with E-state index in [2.05, 4.69) is 19.2 Å². The maximum Gasteiger partial charge on any atom is 0.265 e. The molecule has 0 saturated carbocycles. The van der Waals surface area contributed by atoms with E-state index in [-0.39, 0.29) is 5.91 Å². The maximum absolute atomic E-state index is 12.4. The summed E-state index contributed by atoms with van der Waals surface area (Å²) >= 11 is 0. The number of carbonyl (C=O) groups excluding carboxylic acids is 1. The number of anilines is 1. The van der Waals surface area contributed by atoms with Crippen molar-refractivity contribution >= 4 is 11.6 Å². The van der Waals surface area contributed by atoms with Crippen molar-refractivity contribution in [2.45, 2.75) is 46.6 Å². The van der Waals surface area contributed by atoms with E-state index >= 15 is 0 Å². The zero-order chi connectivity index (χ0) is 16.8. The Labute approximate surface area is 138 Å². The summed E-state index contributed by atoms with van der Waals surface area (Å²) in [7, 11) is 0. The van der Waals surface area contributed by atoms with Gasteiger partial charge in [0, 0.05) is 5.69 Å². The van der Waals surface area contributed by atoms with E-state index in [0.717, 1.165) is 29.7 Å². The fourth-order valence-electron chi connectivity index (χ4n) is 2.49. The van der Waals surface area contributed by atoms with Crippen LogP contribution in [-0.4, -0.2) is 12.0 Å². The number of hydrogen-bond donors (Lipinski definition) is 1. The standard InChI is InChI=1S/C20H25NO2/c1-5-16-10-12-18(13-11-16)23-15(4)20(22)21-19-14(3)8-7-9-17(19)6-2/h7-13,15H,5-6H2,1-4H3,(H,21,22)/t15-/m1/s1. The minimum atomic E-state index is -0.549. The molecule has 23 heavy (non-hydrogen) atoms. The number of benzene rings is 2. The van der Waals surface area contributed by atoms with Gasteiger partial charge in [0.05, 0.1) is 0 Å². The van der Waals surface area contributed by atoms with Crippen LogP contribution in [-0.2, 0) is 17.6 Å². The highest BCUT2D eigenvalue weighted by molar-refractivity contribution is 5.95. The van der Waals surface area contributed by atoms with Gasteiger partial charge in [-0.3, -0.25) is 4.79 Å². The van der Waals surface area contributed by atoms with E-state index in [4.69, 9.17) is 4.74 Å². The molecule has 1 amide bonds. The molecule has 2 aromatic carbocycles. The van der Waals surface area contributed by atoms with Gasteiger partial charge < -0.3 is 10.1 Å². The van der Waals surface area contributed by atoms with Crippen LogP contribution in [0.15, 0.2) is 42.5 Å². The van der Waals surface area contributed by atoms with Gasteiger partial charge in [-0.1, -0.05) is 44.2 Å². The van der Waals surface area contributed by atoms with Crippen molar-refractivity contribution < 1.29 is 9.53 Å². The quantitative estimate of drug-likeness (QED) is 0.851. The predicted octanol–water partition coefficient (Wildman–Crippen LogP) is 4.53. The van der Waals surface area contributed by atoms with Crippen LogP contribution >= 0.6 is 0 Å². The minimum Gasteiger partial charge on any atom is -0.481 e. The lowest BCUT2D eigenvalue weighted by molar-refractivity contribution is -0.122. The molecule has 0 fully saturated rings. The monoisotopic (exact) mass is 311 g/mol. The molecule has 2 rings (SSSR count). The Morgan fingerprint density at radius 3 is 2.39 bits per heavy atom. The second kappa shape index (κ2) is 7.82. The lowest BCUT2D eigenvalue weighted by Crippen LogP contribution is -2.30. The van der Waals surface area contributed by atoms with E-state index in [1.54, 1.807) is 6.92 Å². The topological polar surface area (TPSA) is 38.3 Å². The summed E-state index contributed by atoms with van der Waals surface area (Å²) in [6.07, 6.45) is 1.32. The number of nitrogens with one attached hydrogen (secondary N) is 1. The zero-order valence-corrected chi connectivity index (χ0v) is 14.3. The Balaban J connectivity index is 2.05. The van der Waals surface area contributed by atoms with E-state index in [9.17, 15) is 4.79 Å². The van der Waals surface area contributed by atoms with Crippen LogP contribution in [0.3, 0.4) is 0 Å². The van der Waals surface area contributed by atoms with Crippen molar-refractivity contribution in [1.29, 1.82) is 0 Å². The van der Waals surface area contributed by atoms with Crippen LogP contribution in [0.5, 0.6) is 5.75 Å². The van der Waals surface area contributed by atoms with Crippen LogP contribution in [0.2, 0.25) is 0 Å². The summed E-state index contributed by atoms with van der Waals surface area (Å²) < 4.78 is 5.75. The van der Waals surface area contributed by atoms with Gasteiger partial charge in [0.1, 0.15) is 5.75 Å². The molecular formula is C20H25NO2. The molecular weight excluding hydrogens is 286 g/mol. The van der Waals surface area contributed by atoms with Gasteiger partial charge in [-0.05, 0) is 55.5 Å². The largest absolute Gasteiger partial charge is 0.481 e. The predicted molar refractivity (Wildman–Crippen MR) is 95.1 cm³/mol. The first-order valence-electron chi connectivity index (χ1n) is 8.20. The summed E-state index contributed by atoms with van der Waals surface area (Å²) in [4.78, 5) is 12.4. The molecule has 1 atom stereocenters. The molecule has 3 nitrogen and oxygen atoms in total. The number of hydrogen-bond acceptors (Lipinski definition) is 2. The van der Waals surface area contributed by atoms with Crippen molar-refractivity contribution in [2.24, 2.45) is 0 Å². The molecule has 0 radical (unpaired) electrons. The van der Waals surface area contributed by atoms with Crippen molar-refractivity contribution in [3.8, 4) is 5.75 Å². The van der Waals surface area contributed by atoms with Crippen LogP contribution in [0.25, 0.3) is 0 Å². The second-order valence-electron chi connectivity index (χ2n) is 5.71. The summed E-state index contributed by atoms with van der Waals surface area (Å²) in [5.41, 5.74) is 4.36. The highest BCUT2D eigenvalue weighted by Crippen LogP contribution is 2.22. The number of carbonyl (C=O) groups is 1. The lowest BCUT2D eigenvalue weighted by Gasteiger charge is -2.18. The molecule has 0 heterocycles. The molecule has 0 saturated heterocycles. The van der Waals surface area contributed by atoms with Gasteiger partial charge in [-0.15, -0.1) is 0 Å². The minimum absolute atomic E-state index is 0.131. The first-order chi connectivity index (χ1) is 11.0. The van der Waals surface area contributed by atoms with Gasteiger partial charge in [-0.25, -0.2) is 0 Å². The number of ether oxygens (including phenoxy) is 1. The van der Waals surface area contributed by atoms with E-state index in [0.29, 0.717) is 5.75 Å². The van der Waals surface area contributed by atoms with Gasteiger partial charge >= 0.3 is 0 Å². The fourth-order valence-corrected chi connectivity index (χ4v) is 2.49. The van der Waals surface area contributed by atoms with E-state index in [1.165, 1.54) is 5.56 Å². The summed E-state index contributed by atoms with van der Waals surface area (Å²) in [6, 6.07) is 13.9. The van der Waals surface area contributed by atoms with Crippen molar-refractivity contribution in [3.63, 3.8) is 0 Å². The summed E-state index contributed by atoms with van der Waals surface area (Å²) in [5.74, 6) is 0.582. The molecule has 0 aromatic heterocycles. The third-order valence-corrected chi connectivity index (χ3v) is 4.00. The number of amides is 1. The van der Waals surface area contributed by atoms with Gasteiger partial charge in [-0.2, -0.15) is 0 Å². The normalized spacial score (nSPS) is 11.8. The highest BCUT2D eigenvalue weighted by atomic mass is 16.5. The van der Waals surface area contributed by atoms with Gasteiger partial charge in [0.15, 0.2) is 6.10 Å².